The summed E-state index contributed by atoms with van der Waals surface area (Å²) in [5.41, 5.74) is 2.60. The van der Waals surface area contributed by atoms with Gasteiger partial charge in [-0.05, 0) is 32.3 Å². The summed E-state index contributed by atoms with van der Waals surface area (Å²) >= 11 is 1.29. The van der Waals surface area contributed by atoms with E-state index in [9.17, 15) is 10.1 Å². The lowest BCUT2D eigenvalue weighted by atomic mass is 9.95. The highest BCUT2D eigenvalue weighted by molar-refractivity contribution is 7.99. The summed E-state index contributed by atoms with van der Waals surface area (Å²) < 4.78 is 2.18. The highest BCUT2D eigenvalue weighted by Crippen LogP contribution is 2.36. The first-order chi connectivity index (χ1) is 13.0. The first-order valence-electron chi connectivity index (χ1n) is 9.50. The molecule has 8 heteroatoms. The van der Waals surface area contributed by atoms with E-state index in [1.54, 1.807) is 0 Å². The number of anilines is 1. The van der Waals surface area contributed by atoms with Gasteiger partial charge >= 0.3 is 0 Å². The van der Waals surface area contributed by atoms with Crippen LogP contribution in [-0.4, -0.2) is 31.4 Å². The summed E-state index contributed by atoms with van der Waals surface area (Å²) in [6.07, 6.45) is 6.60. The number of hydrogen-bond donors (Lipinski definition) is 2. The zero-order valence-electron chi connectivity index (χ0n) is 16.1. The maximum Gasteiger partial charge on any atom is 0.235 e. The van der Waals surface area contributed by atoms with Crippen LogP contribution in [0.1, 0.15) is 67.7 Å². The average molecular weight is 387 g/mol. The van der Waals surface area contributed by atoms with Gasteiger partial charge in [-0.25, -0.2) is 4.98 Å². The first kappa shape index (κ1) is 19.5. The van der Waals surface area contributed by atoms with Crippen molar-refractivity contribution < 1.29 is 4.79 Å². The van der Waals surface area contributed by atoms with Crippen LogP contribution in [0.4, 0.5) is 5.82 Å². The van der Waals surface area contributed by atoms with Crippen LogP contribution >= 0.6 is 11.8 Å². The van der Waals surface area contributed by atoms with E-state index in [0.29, 0.717) is 22.6 Å². The summed E-state index contributed by atoms with van der Waals surface area (Å²) in [7, 11) is 0. The van der Waals surface area contributed by atoms with E-state index >= 15 is 0 Å². The van der Waals surface area contributed by atoms with Crippen LogP contribution in [0.15, 0.2) is 5.16 Å². The molecule has 0 atom stereocenters. The third-order valence-electron chi connectivity index (χ3n) is 5.24. The van der Waals surface area contributed by atoms with Crippen molar-refractivity contribution >= 4 is 23.5 Å². The largest absolute Gasteiger partial charge is 0.327 e. The molecule has 0 spiro atoms. The monoisotopic (exact) mass is 386 g/mol. The van der Waals surface area contributed by atoms with Crippen LogP contribution in [0.2, 0.25) is 0 Å². The maximum atomic E-state index is 12.6. The zero-order valence-corrected chi connectivity index (χ0v) is 16.9. The molecule has 1 saturated carbocycles. The number of carbonyl (C=O) groups is 1. The number of aryl methyl sites for hydroxylation is 1. The fraction of sp³-hybridized carbons (Fsp3) is 0.579. The van der Waals surface area contributed by atoms with E-state index in [1.165, 1.54) is 31.0 Å². The van der Waals surface area contributed by atoms with Gasteiger partial charge < -0.3 is 9.88 Å². The number of nitrogens with zero attached hydrogens (tertiary/aromatic N) is 4. The third kappa shape index (κ3) is 4.19. The Bertz CT molecular complexity index is 856. The topological polar surface area (TPSA) is 99.4 Å². The Kier molecular flexibility index (Phi) is 6.22. The highest BCUT2D eigenvalue weighted by Gasteiger charge is 2.25. The molecule has 0 bridgehead atoms. The predicted octanol–water partition coefficient (Wildman–Crippen LogP) is 3.89. The second-order valence-electron chi connectivity index (χ2n) is 6.96. The predicted molar refractivity (Wildman–Crippen MR) is 106 cm³/mol. The van der Waals surface area contributed by atoms with Crippen molar-refractivity contribution in [1.82, 2.24) is 19.7 Å². The molecular formula is C19H26N6OS. The van der Waals surface area contributed by atoms with Crippen molar-refractivity contribution in [3.63, 3.8) is 0 Å². The van der Waals surface area contributed by atoms with Crippen molar-refractivity contribution in [1.29, 1.82) is 5.26 Å². The lowest BCUT2D eigenvalue weighted by Gasteiger charge is -2.27. The molecule has 2 aromatic heterocycles. The van der Waals surface area contributed by atoms with E-state index in [1.807, 2.05) is 20.8 Å². The quantitative estimate of drug-likeness (QED) is 0.734. The number of nitriles is 1. The lowest BCUT2D eigenvalue weighted by molar-refractivity contribution is -0.113. The third-order valence-corrected chi connectivity index (χ3v) is 6.09. The molecule has 0 aliphatic heterocycles. The van der Waals surface area contributed by atoms with Gasteiger partial charge in [-0.2, -0.15) is 5.26 Å². The molecule has 2 aromatic rings. The van der Waals surface area contributed by atoms with Crippen molar-refractivity contribution in [2.45, 2.75) is 70.5 Å². The normalized spacial score (nSPS) is 14.9. The van der Waals surface area contributed by atoms with Gasteiger partial charge in [0.15, 0.2) is 0 Å². The van der Waals surface area contributed by atoms with Crippen molar-refractivity contribution in [3.8, 4) is 6.07 Å². The Hall–Kier alpha value is -2.27. The second kappa shape index (κ2) is 8.61. The Morgan fingerprint density at radius 2 is 2.11 bits per heavy atom. The SMILES string of the molecule is CCc1nc(SCC(=O)Nc2c(C#N)c(C)c(C)n2C2CCCCC2)n[nH]1. The summed E-state index contributed by atoms with van der Waals surface area (Å²) in [6.45, 7) is 5.99. The Morgan fingerprint density at radius 1 is 1.37 bits per heavy atom. The number of aromatic nitrogens is 4. The zero-order chi connectivity index (χ0) is 19.4. The van der Waals surface area contributed by atoms with Crippen LogP contribution in [0, 0.1) is 25.2 Å². The minimum absolute atomic E-state index is 0.145. The summed E-state index contributed by atoms with van der Waals surface area (Å²) in [4.78, 5) is 16.9. The van der Waals surface area contributed by atoms with Crippen molar-refractivity contribution in [3.05, 3.63) is 22.6 Å². The van der Waals surface area contributed by atoms with Gasteiger partial charge in [0.25, 0.3) is 0 Å². The molecule has 1 amide bonds. The van der Waals surface area contributed by atoms with Gasteiger partial charge in [0.1, 0.15) is 17.7 Å². The first-order valence-corrected chi connectivity index (χ1v) is 10.5. The number of thioether (sulfide) groups is 1. The Balaban J connectivity index is 1.77. The molecule has 0 unspecified atom stereocenters. The summed E-state index contributed by atoms with van der Waals surface area (Å²) in [6, 6.07) is 2.63. The highest BCUT2D eigenvalue weighted by atomic mass is 32.2. The van der Waals surface area contributed by atoms with Crippen molar-refractivity contribution in [2.24, 2.45) is 0 Å². The molecule has 3 rings (SSSR count). The molecule has 1 aliphatic carbocycles. The number of rotatable bonds is 6. The van der Waals surface area contributed by atoms with Gasteiger partial charge in [-0.3, -0.25) is 9.89 Å². The van der Waals surface area contributed by atoms with E-state index in [4.69, 9.17) is 0 Å². The van der Waals surface area contributed by atoms with E-state index in [-0.39, 0.29) is 11.7 Å². The minimum atomic E-state index is -0.145. The average Bonchev–Trinajstić information content (AvgIpc) is 3.24. The number of aromatic amines is 1. The van der Waals surface area contributed by atoms with E-state index < -0.39 is 0 Å². The molecule has 7 nitrogen and oxygen atoms in total. The molecular weight excluding hydrogens is 360 g/mol. The van der Waals surface area contributed by atoms with Gasteiger partial charge in [0.2, 0.25) is 11.1 Å². The van der Waals surface area contributed by atoms with Gasteiger partial charge in [-0.15, -0.1) is 5.10 Å². The Labute approximate surface area is 163 Å². The number of nitrogens with one attached hydrogen (secondary N) is 2. The number of amides is 1. The molecule has 2 N–H and O–H groups in total. The minimum Gasteiger partial charge on any atom is -0.327 e. The van der Waals surface area contributed by atoms with Crippen LogP contribution in [-0.2, 0) is 11.2 Å². The lowest BCUT2D eigenvalue weighted by Crippen LogP contribution is -2.21. The molecule has 1 fully saturated rings. The molecule has 0 aromatic carbocycles. The fourth-order valence-electron chi connectivity index (χ4n) is 3.68. The van der Waals surface area contributed by atoms with Crippen LogP contribution in [0.25, 0.3) is 0 Å². The van der Waals surface area contributed by atoms with Gasteiger partial charge in [0, 0.05) is 18.2 Å². The smallest absolute Gasteiger partial charge is 0.235 e. The summed E-state index contributed by atoms with van der Waals surface area (Å²) in [5.74, 6) is 1.52. The molecule has 0 saturated heterocycles. The van der Waals surface area contributed by atoms with Gasteiger partial charge in [0.05, 0.1) is 11.3 Å². The number of carbonyl (C=O) groups excluding carboxylic acids is 1. The van der Waals surface area contributed by atoms with Crippen molar-refractivity contribution in [2.75, 3.05) is 11.1 Å². The second-order valence-corrected chi connectivity index (χ2v) is 7.91. The van der Waals surface area contributed by atoms with E-state index in [2.05, 4.69) is 31.1 Å². The van der Waals surface area contributed by atoms with Crippen LogP contribution in [0.5, 0.6) is 0 Å². The fourth-order valence-corrected chi connectivity index (χ4v) is 4.30. The van der Waals surface area contributed by atoms with Crippen LogP contribution in [0.3, 0.4) is 0 Å². The molecule has 144 valence electrons. The summed E-state index contributed by atoms with van der Waals surface area (Å²) in [5, 5.41) is 20.2. The standard InChI is InChI=1S/C19H26N6OS/c1-4-16-21-19(24-23-16)27-11-17(26)22-18-15(10-20)12(2)13(3)25(18)14-8-6-5-7-9-14/h14H,4-9,11H2,1-3H3,(H,22,26)(H,21,23,24). The molecule has 1 aliphatic rings. The van der Waals surface area contributed by atoms with E-state index in [0.717, 1.165) is 36.3 Å². The molecule has 0 radical (unpaired) electrons. The number of H-pyrrole nitrogens is 1. The number of hydrogen-bond acceptors (Lipinski definition) is 5. The van der Waals surface area contributed by atoms with Gasteiger partial charge in [-0.1, -0.05) is 37.9 Å². The maximum absolute atomic E-state index is 12.6. The Morgan fingerprint density at radius 3 is 2.74 bits per heavy atom. The molecule has 2 heterocycles. The molecule has 27 heavy (non-hydrogen) atoms. The van der Waals surface area contributed by atoms with Crippen LogP contribution < -0.4 is 5.32 Å².